The lowest BCUT2D eigenvalue weighted by atomic mass is 9.98. The third-order valence-corrected chi connectivity index (χ3v) is 7.44. The van der Waals surface area contributed by atoms with E-state index in [9.17, 15) is 13.2 Å². The Morgan fingerprint density at radius 2 is 1.84 bits per heavy atom. The molecule has 0 amide bonds. The van der Waals surface area contributed by atoms with Crippen molar-refractivity contribution in [2.24, 2.45) is 5.92 Å². The number of imidazole rings is 1. The lowest BCUT2D eigenvalue weighted by molar-refractivity contribution is 0.0596. The fourth-order valence-electron chi connectivity index (χ4n) is 4.55. The first-order valence-corrected chi connectivity index (χ1v) is 12.6. The zero-order valence-electron chi connectivity index (χ0n) is 19.3. The molecule has 1 atom stereocenters. The van der Waals surface area contributed by atoms with Crippen LogP contribution in [0.25, 0.3) is 11.0 Å². The second kappa shape index (κ2) is 7.92. The maximum Gasteiger partial charge on any atom is 0.339 e. The minimum absolute atomic E-state index is 0.0153. The van der Waals surface area contributed by atoms with E-state index in [0.29, 0.717) is 12.1 Å². The molecule has 7 nitrogen and oxygen atoms in total. The standard InChI is InChI=1S/C24H29N3O4S/c1-14(2)22-23-25-19-12-18(24(28)31-5)21(32(6,29)30)13-20(19)27(23)10-9-26(22)17-8-7-15(3)16(4)11-17/h7-8,11-14,22H,9-10H2,1-6H3/t22-/m1/s1. The number of fused-ring (bicyclic) bond motifs is 3. The molecule has 1 aromatic heterocycles. The first kappa shape index (κ1) is 22.3. The van der Waals surface area contributed by atoms with Gasteiger partial charge in [0, 0.05) is 25.0 Å². The van der Waals surface area contributed by atoms with Crippen LogP contribution in [0.1, 0.15) is 47.2 Å². The summed E-state index contributed by atoms with van der Waals surface area (Å²) < 4.78 is 31.8. The predicted octanol–water partition coefficient (Wildman–Crippen LogP) is 4.06. The molecule has 170 valence electrons. The Hall–Kier alpha value is -2.87. The van der Waals surface area contributed by atoms with Crippen molar-refractivity contribution in [2.75, 3.05) is 24.8 Å². The van der Waals surface area contributed by atoms with Gasteiger partial charge >= 0.3 is 5.97 Å². The van der Waals surface area contributed by atoms with Crippen molar-refractivity contribution in [2.45, 2.75) is 45.2 Å². The van der Waals surface area contributed by atoms with Gasteiger partial charge < -0.3 is 14.2 Å². The fourth-order valence-corrected chi connectivity index (χ4v) is 5.41. The van der Waals surface area contributed by atoms with Crippen LogP contribution < -0.4 is 4.90 Å². The molecule has 0 unspecified atom stereocenters. The van der Waals surface area contributed by atoms with Gasteiger partial charge in [-0.15, -0.1) is 0 Å². The summed E-state index contributed by atoms with van der Waals surface area (Å²) in [6, 6.07) is 9.62. The van der Waals surface area contributed by atoms with Gasteiger partial charge in [0.15, 0.2) is 9.84 Å². The van der Waals surface area contributed by atoms with Crippen LogP contribution in [0, 0.1) is 19.8 Å². The second-order valence-corrected chi connectivity index (χ2v) is 10.9. The molecule has 3 aromatic rings. The van der Waals surface area contributed by atoms with Crippen LogP contribution in [0.3, 0.4) is 0 Å². The van der Waals surface area contributed by atoms with Gasteiger partial charge in [0.05, 0.1) is 34.6 Å². The van der Waals surface area contributed by atoms with Crippen molar-refractivity contribution in [3.8, 4) is 0 Å². The van der Waals surface area contributed by atoms with E-state index in [1.54, 1.807) is 12.1 Å². The van der Waals surface area contributed by atoms with Gasteiger partial charge in [-0.05, 0) is 55.2 Å². The van der Waals surface area contributed by atoms with E-state index in [1.807, 2.05) is 0 Å². The molecule has 0 saturated carbocycles. The molecular formula is C24H29N3O4S. The van der Waals surface area contributed by atoms with Crippen LogP contribution >= 0.6 is 0 Å². The zero-order chi connectivity index (χ0) is 23.4. The highest BCUT2D eigenvalue weighted by Crippen LogP contribution is 2.38. The Kier molecular flexibility index (Phi) is 5.53. The van der Waals surface area contributed by atoms with Crippen molar-refractivity contribution < 1.29 is 17.9 Å². The summed E-state index contributed by atoms with van der Waals surface area (Å²) in [5, 5.41) is 0. The number of aromatic nitrogens is 2. The summed E-state index contributed by atoms with van der Waals surface area (Å²) in [5.74, 6) is 0.457. The Morgan fingerprint density at radius 1 is 1.12 bits per heavy atom. The third kappa shape index (κ3) is 3.66. The molecule has 1 aliphatic heterocycles. The monoisotopic (exact) mass is 455 g/mol. The van der Waals surface area contributed by atoms with E-state index in [2.05, 4.69) is 55.4 Å². The zero-order valence-corrected chi connectivity index (χ0v) is 20.2. The summed E-state index contributed by atoms with van der Waals surface area (Å²) in [6.45, 7) is 9.99. The number of carbonyl (C=O) groups is 1. The smallest absolute Gasteiger partial charge is 0.339 e. The Morgan fingerprint density at radius 3 is 2.44 bits per heavy atom. The van der Waals surface area contributed by atoms with E-state index in [-0.39, 0.29) is 22.4 Å². The first-order chi connectivity index (χ1) is 15.0. The number of ether oxygens (including phenoxy) is 1. The average molecular weight is 456 g/mol. The average Bonchev–Trinajstić information content (AvgIpc) is 3.10. The van der Waals surface area contributed by atoms with Gasteiger partial charge in [0.2, 0.25) is 0 Å². The molecule has 2 aromatic carbocycles. The van der Waals surface area contributed by atoms with Crippen LogP contribution in [-0.4, -0.2) is 43.8 Å². The van der Waals surface area contributed by atoms with E-state index in [0.717, 1.165) is 29.8 Å². The van der Waals surface area contributed by atoms with Crippen LogP contribution in [-0.2, 0) is 21.1 Å². The van der Waals surface area contributed by atoms with Crippen molar-refractivity contribution in [1.82, 2.24) is 9.55 Å². The van der Waals surface area contributed by atoms with Gasteiger partial charge in [-0.25, -0.2) is 18.2 Å². The summed E-state index contributed by atoms with van der Waals surface area (Å²) in [6.07, 6.45) is 1.10. The minimum Gasteiger partial charge on any atom is -0.465 e. The lowest BCUT2D eigenvalue weighted by Crippen LogP contribution is -2.41. The van der Waals surface area contributed by atoms with Crippen LogP contribution in [0.2, 0.25) is 0 Å². The summed E-state index contributed by atoms with van der Waals surface area (Å²) in [7, 11) is -2.39. The second-order valence-electron chi connectivity index (χ2n) is 8.87. The van der Waals surface area contributed by atoms with Gasteiger partial charge in [0.1, 0.15) is 5.82 Å². The maximum atomic E-state index is 12.4. The predicted molar refractivity (Wildman–Crippen MR) is 125 cm³/mol. The largest absolute Gasteiger partial charge is 0.465 e. The number of rotatable bonds is 4. The SMILES string of the molecule is COC(=O)c1cc2nc3n(c2cc1S(C)(=O)=O)CCN(c1ccc(C)c(C)c1)[C@@H]3C(C)C. The number of carbonyl (C=O) groups excluding carboxylic acids is 1. The molecule has 0 fully saturated rings. The summed E-state index contributed by atoms with van der Waals surface area (Å²) >= 11 is 0. The molecule has 32 heavy (non-hydrogen) atoms. The lowest BCUT2D eigenvalue weighted by Gasteiger charge is -2.40. The molecule has 0 saturated heterocycles. The van der Waals surface area contributed by atoms with Gasteiger partial charge in [-0.2, -0.15) is 0 Å². The number of aryl methyl sites for hydroxylation is 2. The Labute approximate surface area is 188 Å². The number of hydrogen-bond acceptors (Lipinski definition) is 6. The molecule has 8 heteroatoms. The maximum absolute atomic E-state index is 12.4. The highest BCUT2D eigenvalue weighted by Gasteiger charge is 2.34. The third-order valence-electron chi connectivity index (χ3n) is 6.30. The molecule has 1 aliphatic rings. The van der Waals surface area contributed by atoms with E-state index in [1.165, 1.54) is 18.2 Å². The number of hydrogen-bond donors (Lipinski definition) is 0. The minimum atomic E-state index is -3.63. The van der Waals surface area contributed by atoms with E-state index < -0.39 is 15.8 Å². The first-order valence-electron chi connectivity index (χ1n) is 10.7. The van der Waals surface area contributed by atoms with Crippen molar-refractivity contribution in [3.05, 3.63) is 52.8 Å². The number of methoxy groups -OCH3 is 1. The quantitative estimate of drug-likeness (QED) is 0.552. The van der Waals surface area contributed by atoms with Crippen LogP contribution in [0.4, 0.5) is 5.69 Å². The number of nitrogens with zero attached hydrogens (tertiary/aromatic N) is 3. The Balaban J connectivity index is 1.92. The molecule has 2 heterocycles. The summed E-state index contributed by atoms with van der Waals surface area (Å²) in [4.78, 5) is 19.5. The number of sulfone groups is 1. The van der Waals surface area contributed by atoms with Gasteiger partial charge in [-0.1, -0.05) is 19.9 Å². The molecule has 0 N–H and O–H groups in total. The molecule has 0 bridgehead atoms. The van der Waals surface area contributed by atoms with Crippen molar-refractivity contribution >= 4 is 32.5 Å². The number of anilines is 1. The molecule has 0 aliphatic carbocycles. The van der Waals surface area contributed by atoms with E-state index >= 15 is 0 Å². The highest BCUT2D eigenvalue weighted by atomic mass is 32.2. The molecule has 0 spiro atoms. The highest BCUT2D eigenvalue weighted by molar-refractivity contribution is 7.90. The van der Waals surface area contributed by atoms with Crippen molar-refractivity contribution in [1.29, 1.82) is 0 Å². The fraction of sp³-hybridized carbons (Fsp3) is 0.417. The van der Waals surface area contributed by atoms with Crippen molar-refractivity contribution in [3.63, 3.8) is 0 Å². The van der Waals surface area contributed by atoms with E-state index in [4.69, 9.17) is 9.72 Å². The van der Waals surface area contributed by atoms with Crippen LogP contribution in [0.15, 0.2) is 35.2 Å². The van der Waals surface area contributed by atoms with Crippen LogP contribution in [0.5, 0.6) is 0 Å². The van der Waals surface area contributed by atoms with Gasteiger partial charge in [0.25, 0.3) is 0 Å². The normalized spacial score (nSPS) is 16.5. The topological polar surface area (TPSA) is 81.5 Å². The summed E-state index contributed by atoms with van der Waals surface area (Å²) in [5.41, 5.74) is 4.98. The molecular weight excluding hydrogens is 426 g/mol. The Bertz CT molecular complexity index is 1320. The van der Waals surface area contributed by atoms with Gasteiger partial charge in [-0.3, -0.25) is 0 Å². The number of esters is 1. The number of benzene rings is 2. The molecule has 0 radical (unpaired) electrons. The molecule has 4 rings (SSSR count).